The third kappa shape index (κ3) is 4.73. The van der Waals surface area contributed by atoms with E-state index in [9.17, 15) is 0 Å². The fraction of sp³-hybridized carbons (Fsp3) is 0.647. The van der Waals surface area contributed by atoms with Gasteiger partial charge in [0.1, 0.15) is 0 Å². The summed E-state index contributed by atoms with van der Waals surface area (Å²) in [5.41, 5.74) is 2.60. The SMILES string of the molecule is CCNC(=NCCc1ccncc1C)N1CCC(C)CC1. The van der Waals surface area contributed by atoms with Gasteiger partial charge >= 0.3 is 0 Å². The number of aliphatic imine (C=N–C) groups is 1. The van der Waals surface area contributed by atoms with E-state index in [1.807, 2.05) is 12.4 Å². The molecule has 4 nitrogen and oxygen atoms in total. The first-order valence-electron chi connectivity index (χ1n) is 8.13. The van der Waals surface area contributed by atoms with Crippen molar-refractivity contribution in [1.82, 2.24) is 15.2 Å². The molecule has 0 unspecified atom stereocenters. The summed E-state index contributed by atoms with van der Waals surface area (Å²) in [7, 11) is 0. The van der Waals surface area contributed by atoms with Crippen LogP contribution in [-0.2, 0) is 6.42 Å². The molecule has 0 aliphatic carbocycles. The number of piperidine rings is 1. The monoisotopic (exact) mass is 288 g/mol. The van der Waals surface area contributed by atoms with Crippen molar-refractivity contribution in [1.29, 1.82) is 0 Å². The van der Waals surface area contributed by atoms with Crippen LogP contribution in [0.3, 0.4) is 0 Å². The third-order valence-electron chi connectivity index (χ3n) is 4.20. The van der Waals surface area contributed by atoms with Gasteiger partial charge < -0.3 is 10.2 Å². The molecule has 1 N–H and O–H groups in total. The maximum absolute atomic E-state index is 4.81. The van der Waals surface area contributed by atoms with Gasteiger partial charge in [0.15, 0.2) is 5.96 Å². The summed E-state index contributed by atoms with van der Waals surface area (Å²) < 4.78 is 0. The van der Waals surface area contributed by atoms with Crippen molar-refractivity contribution in [2.45, 2.75) is 40.0 Å². The minimum absolute atomic E-state index is 0.833. The van der Waals surface area contributed by atoms with Crippen molar-refractivity contribution in [3.05, 3.63) is 29.6 Å². The van der Waals surface area contributed by atoms with Crippen LogP contribution < -0.4 is 5.32 Å². The van der Waals surface area contributed by atoms with E-state index in [0.29, 0.717) is 0 Å². The van der Waals surface area contributed by atoms with Gasteiger partial charge in [0, 0.05) is 38.6 Å². The molecule has 0 atom stereocenters. The highest BCUT2D eigenvalue weighted by Crippen LogP contribution is 2.16. The lowest BCUT2D eigenvalue weighted by Gasteiger charge is -2.33. The lowest BCUT2D eigenvalue weighted by molar-refractivity contribution is 0.273. The molecule has 21 heavy (non-hydrogen) atoms. The van der Waals surface area contributed by atoms with Crippen LogP contribution >= 0.6 is 0 Å². The van der Waals surface area contributed by atoms with Crippen molar-refractivity contribution < 1.29 is 0 Å². The molecule has 0 aromatic carbocycles. The van der Waals surface area contributed by atoms with E-state index in [1.54, 1.807) is 0 Å². The molecule has 2 heterocycles. The molecule has 0 saturated carbocycles. The number of likely N-dealkylation sites (tertiary alicyclic amines) is 1. The van der Waals surface area contributed by atoms with Crippen LogP contribution in [0.4, 0.5) is 0 Å². The second-order valence-corrected chi connectivity index (χ2v) is 5.96. The minimum atomic E-state index is 0.833. The molecule has 1 fully saturated rings. The Bertz CT molecular complexity index is 462. The number of rotatable bonds is 4. The lowest BCUT2D eigenvalue weighted by atomic mass is 10.00. The highest BCUT2D eigenvalue weighted by atomic mass is 15.3. The second-order valence-electron chi connectivity index (χ2n) is 5.96. The highest BCUT2D eigenvalue weighted by molar-refractivity contribution is 5.80. The van der Waals surface area contributed by atoms with Gasteiger partial charge in [-0.3, -0.25) is 9.98 Å². The largest absolute Gasteiger partial charge is 0.357 e. The number of hydrogen-bond acceptors (Lipinski definition) is 2. The molecule has 2 rings (SSSR count). The van der Waals surface area contributed by atoms with Gasteiger partial charge in [-0.1, -0.05) is 6.92 Å². The van der Waals surface area contributed by atoms with Crippen molar-refractivity contribution in [3.63, 3.8) is 0 Å². The Balaban J connectivity index is 1.93. The third-order valence-corrected chi connectivity index (χ3v) is 4.20. The summed E-state index contributed by atoms with van der Waals surface area (Å²) in [4.78, 5) is 11.4. The first-order valence-corrected chi connectivity index (χ1v) is 8.13. The standard InChI is InChI=1S/C17H28N4/c1-4-19-17(21-11-7-14(2)8-12-21)20-10-6-16-5-9-18-13-15(16)3/h5,9,13-14H,4,6-8,10-12H2,1-3H3,(H,19,20). The summed E-state index contributed by atoms with van der Waals surface area (Å²) in [6.07, 6.45) is 7.31. The molecule has 4 heteroatoms. The second kappa shape index (κ2) is 8.01. The molecule has 1 aliphatic rings. The molecule has 116 valence electrons. The average Bonchev–Trinajstić information content (AvgIpc) is 2.49. The molecule has 1 saturated heterocycles. The fourth-order valence-corrected chi connectivity index (χ4v) is 2.71. The van der Waals surface area contributed by atoms with Crippen molar-refractivity contribution >= 4 is 5.96 Å². The van der Waals surface area contributed by atoms with Gasteiger partial charge in [0.25, 0.3) is 0 Å². The molecule has 1 aliphatic heterocycles. The van der Waals surface area contributed by atoms with E-state index in [0.717, 1.165) is 44.5 Å². The number of nitrogens with one attached hydrogen (secondary N) is 1. The van der Waals surface area contributed by atoms with Gasteiger partial charge in [-0.25, -0.2) is 0 Å². The Hall–Kier alpha value is -1.58. The molecule has 1 aromatic heterocycles. The predicted molar refractivity (Wildman–Crippen MR) is 88.6 cm³/mol. The quantitative estimate of drug-likeness (QED) is 0.684. The van der Waals surface area contributed by atoms with Crippen molar-refractivity contribution in [3.8, 4) is 0 Å². The molecule has 0 radical (unpaired) electrons. The van der Waals surface area contributed by atoms with Gasteiger partial charge in [-0.15, -0.1) is 0 Å². The minimum Gasteiger partial charge on any atom is -0.357 e. The van der Waals surface area contributed by atoms with Crippen LogP contribution in [0.1, 0.15) is 37.8 Å². The van der Waals surface area contributed by atoms with E-state index >= 15 is 0 Å². The summed E-state index contributed by atoms with van der Waals surface area (Å²) in [5, 5.41) is 3.43. The van der Waals surface area contributed by atoms with Crippen LogP contribution in [0, 0.1) is 12.8 Å². The molecular weight excluding hydrogens is 260 g/mol. The van der Waals surface area contributed by atoms with Gasteiger partial charge in [0.2, 0.25) is 0 Å². The number of guanidine groups is 1. The topological polar surface area (TPSA) is 40.5 Å². The van der Waals surface area contributed by atoms with Crippen molar-refractivity contribution in [2.24, 2.45) is 10.9 Å². The zero-order chi connectivity index (χ0) is 15.1. The smallest absolute Gasteiger partial charge is 0.193 e. The number of aryl methyl sites for hydroxylation is 1. The zero-order valence-corrected chi connectivity index (χ0v) is 13.6. The average molecular weight is 288 g/mol. The first kappa shape index (κ1) is 15.8. The van der Waals surface area contributed by atoms with Crippen molar-refractivity contribution in [2.75, 3.05) is 26.2 Å². The summed E-state index contributed by atoms with van der Waals surface area (Å²) in [5.74, 6) is 1.93. The Morgan fingerprint density at radius 2 is 2.19 bits per heavy atom. The van der Waals surface area contributed by atoms with E-state index < -0.39 is 0 Å². The maximum atomic E-state index is 4.81. The molecule has 0 amide bonds. The fourth-order valence-electron chi connectivity index (χ4n) is 2.71. The predicted octanol–water partition coefficient (Wildman–Crippen LogP) is 2.63. The van der Waals surface area contributed by atoms with E-state index in [-0.39, 0.29) is 0 Å². The Kier molecular flexibility index (Phi) is 6.03. The van der Waals surface area contributed by atoms with Crippen LogP contribution in [0.2, 0.25) is 0 Å². The van der Waals surface area contributed by atoms with Crippen LogP contribution in [0.5, 0.6) is 0 Å². The summed E-state index contributed by atoms with van der Waals surface area (Å²) in [6, 6.07) is 2.10. The normalized spacial score (nSPS) is 17.1. The summed E-state index contributed by atoms with van der Waals surface area (Å²) >= 11 is 0. The lowest BCUT2D eigenvalue weighted by Crippen LogP contribution is -2.45. The molecule has 1 aromatic rings. The van der Waals surface area contributed by atoms with E-state index in [2.05, 4.69) is 42.0 Å². The maximum Gasteiger partial charge on any atom is 0.193 e. The van der Waals surface area contributed by atoms with Gasteiger partial charge in [0.05, 0.1) is 0 Å². The Morgan fingerprint density at radius 1 is 1.43 bits per heavy atom. The van der Waals surface area contributed by atoms with E-state index in [1.165, 1.54) is 24.0 Å². The molecule has 0 bridgehead atoms. The van der Waals surface area contributed by atoms with E-state index in [4.69, 9.17) is 4.99 Å². The highest BCUT2D eigenvalue weighted by Gasteiger charge is 2.18. The van der Waals surface area contributed by atoms with Crippen LogP contribution in [-0.4, -0.2) is 42.0 Å². The Labute approximate surface area is 128 Å². The number of pyridine rings is 1. The van der Waals surface area contributed by atoms with Crippen LogP contribution in [0.25, 0.3) is 0 Å². The van der Waals surface area contributed by atoms with Crippen LogP contribution in [0.15, 0.2) is 23.5 Å². The molecular formula is C17H28N4. The number of nitrogens with zero attached hydrogens (tertiary/aromatic N) is 3. The Morgan fingerprint density at radius 3 is 2.86 bits per heavy atom. The summed E-state index contributed by atoms with van der Waals surface area (Å²) in [6.45, 7) is 10.6. The number of hydrogen-bond donors (Lipinski definition) is 1. The number of aromatic nitrogens is 1. The zero-order valence-electron chi connectivity index (χ0n) is 13.6. The van der Waals surface area contributed by atoms with Gasteiger partial charge in [-0.2, -0.15) is 0 Å². The first-order chi connectivity index (χ1) is 10.2. The molecule has 0 spiro atoms. The van der Waals surface area contributed by atoms with Gasteiger partial charge in [-0.05, 0) is 56.2 Å².